The van der Waals surface area contributed by atoms with Crippen LogP contribution in [0.25, 0.3) is 0 Å². The fourth-order valence-electron chi connectivity index (χ4n) is 3.82. The second-order valence-corrected chi connectivity index (χ2v) is 6.99. The zero-order chi connectivity index (χ0) is 20.4. The number of para-hydroxylation sites is 1. The Morgan fingerprint density at radius 2 is 2.04 bits per heavy atom. The predicted octanol–water partition coefficient (Wildman–Crippen LogP) is -0.446. The number of anilines is 1. The lowest BCUT2D eigenvalue weighted by Crippen LogP contribution is -2.55. The van der Waals surface area contributed by atoms with Crippen molar-refractivity contribution in [2.45, 2.75) is 50.7 Å². The van der Waals surface area contributed by atoms with Crippen LogP contribution in [-0.2, 0) is 36.8 Å². The minimum absolute atomic E-state index is 0.256. The molecule has 1 aromatic carbocycles. The van der Waals surface area contributed by atoms with Gasteiger partial charge in [0.05, 0.1) is 18.2 Å². The lowest BCUT2D eigenvalue weighted by molar-refractivity contribution is -0.139. The number of nitrogens with zero attached hydrogens (tertiary/aromatic N) is 1. The van der Waals surface area contributed by atoms with E-state index in [0.29, 0.717) is 24.8 Å². The van der Waals surface area contributed by atoms with Crippen LogP contribution in [0.4, 0.5) is 5.69 Å². The summed E-state index contributed by atoms with van der Waals surface area (Å²) in [5.74, 6) is -2.55. The number of carbonyl (C=O) groups is 5. The maximum absolute atomic E-state index is 13.1. The third-order valence-corrected chi connectivity index (χ3v) is 4.97. The maximum Gasteiger partial charge on any atom is 0.305 e. The smallest absolute Gasteiger partial charge is 0.305 e. The summed E-state index contributed by atoms with van der Waals surface area (Å²) < 4.78 is 0. The Morgan fingerprint density at radius 1 is 1.32 bits per heavy atom. The molecule has 3 rings (SSSR count). The van der Waals surface area contributed by atoms with Crippen molar-refractivity contribution in [3.63, 3.8) is 0 Å². The molecule has 3 amide bonds. The van der Waals surface area contributed by atoms with Gasteiger partial charge >= 0.3 is 5.97 Å². The van der Waals surface area contributed by atoms with Crippen molar-refractivity contribution in [3.05, 3.63) is 29.3 Å². The van der Waals surface area contributed by atoms with E-state index in [0.717, 1.165) is 11.1 Å². The highest BCUT2D eigenvalue weighted by Crippen LogP contribution is 2.39. The van der Waals surface area contributed by atoms with E-state index in [1.54, 1.807) is 0 Å². The van der Waals surface area contributed by atoms with Gasteiger partial charge in [-0.2, -0.15) is 0 Å². The molecule has 1 aromatic rings. The van der Waals surface area contributed by atoms with Crippen LogP contribution >= 0.6 is 0 Å². The van der Waals surface area contributed by atoms with Gasteiger partial charge in [0.2, 0.25) is 17.7 Å². The van der Waals surface area contributed by atoms with Gasteiger partial charge in [-0.05, 0) is 24.0 Å². The summed E-state index contributed by atoms with van der Waals surface area (Å²) in [7, 11) is 0. The standard InChI is InChI=1S/C19H21N3O6/c1-10(24)20-14-6-5-11-3-2-4-12-7-15(22(17(11)12)19(14)28)18(27)21-13(9-23)8-16(25)26/h2-4,9,13-15H,5-8H2,1H3,(H,20,24)(H,21,27)(H,25,26)/t13?,14-,15-/m0/s1. The highest BCUT2D eigenvalue weighted by molar-refractivity contribution is 6.08. The Hall–Kier alpha value is -3.23. The van der Waals surface area contributed by atoms with Gasteiger partial charge in [0.1, 0.15) is 18.4 Å². The van der Waals surface area contributed by atoms with Crippen molar-refractivity contribution in [2.75, 3.05) is 4.90 Å². The summed E-state index contributed by atoms with van der Waals surface area (Å²) in [5.41, 5.74) is 2.41. The molecule has 0 bridgehead atoms. The highest BCUT2D eigenvalue weighted by atomic mass is 16.4. The summed E-state index contributed by atoms with van der Waals surface area (Å²) in [6, 6.07) is 2.73. The highest BCUT2D eigenvalue weighted by Gasteiger charge is 2.44. The normalized spacial score (nSPS) is 21.3. The summed E-state index contributed by atoms with van der Waals surface area (Å²) >= 11 is 0. The fourth-order valence-corrected chi connectivity index (χ4v) is 3.82. The number of hydrogen-bond donors (Lipinski definition) is 3. The molecule has 148 valence electrons. The molecule has 0 radical (unpaired) electrons. The van der Waals surface area contributed by atoms with E-state index in [4.69, 9.17) is 5.11 Å². The number of hydrogen-bond acceptors (Lipinski definition) is 5. The Balaban J connectivity index is 1.91. The van der Waals surface area contributed by atoms with E-state index in [9.17, 15) is 24.0 Å². The number of aliphatic carboxylic acids is 1. The van der Waals surface area contributed by atoms with Crippen molar-refractivity contribution in [1.82, 2.24) is 10.6 Å². The lowest BCUT2D eigenvalue weighted by atomic mass is 10.0. The lowest BCUT2D eigenvalue weighted by Gasteiger charge is -2.28. The number of benzene rings is 1. The summed E-state index contributed by atoms with van der Waals surface area (Å²) in [4.78, 5) is 60.8. The van der Waals surface area contributed by atoms with Gasteiger partial charge in [0.15, 0.2) is 0 Å². The van der Waals surface area contributed by atoms with E-state index in [2.05, 4.69) is 10.6 Å². The van der Waals surface area contributed by atoms with Gasteiger partial charge < -0.3 is 20.5 Å². The molecule has 28 heavy (non-hydrogen) atoms. The monoisotopic (exact) mass is 387 g/mol. The van der Waals surface area contributed by atoms with E-state index in [-0.39, 0.29) is 18.2 Å². The van der Waals surface area contributed by atoms with Crippen LogP contribution in [0.1, 0.15) is 30.9 Å². The van der Waals surface area contributed by atoms with Crippen LogP contribution in [0.5, 0.6) is 0 Å². The van der Waals surface area contributed by atoms with E-state index >= 15 is 0 Å². The molecule has 9 heteroatoms. The Bertz CT molecular complexity index is 852. The van der Waals surface area contributed by atoms with Gasteiger partial charge in [0.25, 0.3) is 0 Å². The second-order valence-electron chi connectivity index (χ2n) is 6.99. The molecule has 0 aromatic heterocycles. The molecule has 3 N–H and O–H groups in total. The molecule has 3 atom stereocenters. The first-order valence-corrected chi connectivity index (χ1v) is 9.00. The van der Waals surface area contributed by atoms with Crippen molar-refractivity contribution in [2.24, 2.45) is 0 Å². The Labute approximate surface area is 161 Å². The quantitative estimate of drug-likeness (QED) is 0.567. The number of aryl methyl sites for hydroxylation is 1. The average Bonchev–Trinajstić information content (AvgIpc) is 2.97. The first-order valence-electron chi connectivity index (χ1n) is 9.00. The SMILES string of the molecule is CC(=O)N[C@H]1CCc2cccc3c2N(C1=O)[C@H](C(=O)NC(C=O)CC(=O)O)C3. The van der Waals surface area contributed by atoms with Gasteiger partial charge in [0, 0.05) is 13.3 Å². The molecule has 2 aliphatic rings. The molecule has 2 aliphatic heterocycles. The van der Waals surface area contributed by atoms with E-state index in [1.807, 2.05) is 18.2 Å². The zero-order valence-electron chi connectivity index (χ0n) is 15.3. The molecule has 0 spiro atoms. The van der Waals surface area contributed by atoms with E-state index in [1.165, 1.54) is 11.8 Å². The van der Waals surface area contributed by atoms with Gasteiger partial charge in [-0.3, -0.25) is 24.1 Å². The number of carboxylic acids is 1. The first-order chi connectivity index (χ1) is 13.3. The van der Waals surface area contributed by atoms with Crippen LogP contribution in [0.2, 0.25) is 0 Å². The molecule has 9 nitrogen and oxygen atoms in total. The molecule has 0 saturated heterocycles. The number of carboxylic acid groups (broad SMARTS) is 1. The Morgan fingerprint density at radius 3 is 2.68 bits per heavy atom. The zero-order valence-corrected chi connectivity index (χ0v) is 15.3. The van der Waals surface area contributed by atoms with Crippen molar-refractivity contribution >= 4 is 35.7 Å². The van der Waals surface area contributed by atoms with Crippen LogP contribution in [0, 0.1) is 0 Å². The summed E-state index contributed by atoms with van der Waals surface area (Å²) in [6.45, 7) is 1.32. The first kappa shape index (κ1) is 19.5. The van der Waals surface area contributed by atoms with Crippen molar-refractivity contribution in [3.8, 4) is 0 Å². The van der Waals surface area contributed by atoms with Crippen molar-refractivity contribution in [1.29, 1.82) is 0 Å². The maximum atomic E-state index is 13.1. The molecular weight excluding hydrogens is 366 g/mol. The molecule has 0 saturated carbocycles. The second kappa shape index (κ2) is 7.79. The number of carbonyl (C=O) groups excluding carboxylic acids is 4. The third kappa shape index (κ3) is 3.73. The average molecular weight is 387 g/mol. The number of amides is 3. The molecule has 1 unspecified atom stereocenters. The third-order valence-electron chi connectivity index (χ3n) is 4.97. The largest absolute Gasteiger partial charge is 0.481 e. The number of aldehydes is 1. The number of nitrogens with one attached hydrogen (secondary N) is 2. The topological polar surface area (TPSA) is 133 Å². The van der Waals surface area contributed by atoms with Crippen LogP contribution < -0.4 is 15.5 Å². The molecule has 2 heterocycles. The predicted molar refractivity (Wildman–Crippen MR) is 97.6 cm³/mol. The Kier molecular flexibility index (Phi) is 5.43. The number of rotatable bonds is 6. The van der Waals surface area contributed by atoms with Crippen LogP contribution in [0.15, 0.2) is 18.2 Å². The van der Waals surface area contributed by atoms with Gasteiger partial charge in [-0.25, -0.2) is 0 Å². The molecule has 0 fully saturated rings. The van der Waals surface area contributed by atoms with Gasteiger partial charge in [-0.1, -0.05) is 18.2 Å². The minimum Gasteiger partial charge on any atom is -0.481 e. The van der Waals surface area contributed by atoms with E-state index < -0.39 is 36.4 Å². The molecular formula is C19H21N3O6. The molecule has 0 aliphatic carbocycles. The fraction of sp³-hybridized carbons (Fsp3) is 0.421. The minimum atomic E-state index is -1.22. The van der Waals surface area contributed by atoms with Gasteiger partial charge in [-0.15, -0.1) is 0 Å². The van der Waals surface area contributed by atoms with Crippen LogP contribution in [-0.4, -0.2) is 53.2 Å². The summed E-state index contributed by atoms with van der Waals surface area (Å²) in [6.07, 6.45) is 1.06. The summed E-state index contributed by atoms with van der Waals surface area (Å²) in [5, 5.41) is 13.9. The van der Waals surface area contributed by atoms with Crippen LogP contribution in [0.3, 0.4) is 0 Å². The van der Waals surface area contributed by atoms with Crippen molar-refractivity contribution < 1.29 is 29.1 Å².